The summed E-state index contributed by atoms with van der Waals surface area (Å²) in [4.78, 5) is 37.2. The summed E-state index contributed by atoms with van der Waals surface area (Å²) in [7, 11) is 1.24. The van der Waals surface area contributed by atoms with E-state index in [4.69, 9.17) is 14.2 Å². The Labute approximate surface area is 178 Å². The van der Waals surface area contributed by atoms with Crippen molar-refractivity contribution in [2.75, 3.05) is 13.7 Å². The summed E-state index contributed by atoms with van der Waals surface area (Å²) in [6, 6.07) is 7.59. The smallest absolute Gasteiger partial charge is 0.408 e. The molecule has 0 heterocycles. The van der Waals surface area contributed by atoms with E-state index in [1.54, 1.807) is 20.8 Å². The van der Waals surface area contributed by atoms with Crippen molar-refractivity contribution >= 4 is 18.0 Å². The molecule has 0 radical (unpaired) electrons. The Hall–Kier alpha value is -2.61. The van der Waals surface area contributed by atoms with Crippen LogP contribution in [0.5, 0.6) is 0 Å². The molecular formula is C22H34N2O6. The first kappa shape index (κ1) is 25.4. The van der Waals surface area contributed by atoms with Crippen LogP contribution in [0.25, 0.3) is 0 Å². The Morgan fingerprint density at radius 1 is 1.07 bits per heavy atom. The number of methoxy groups -OCH3 is 1. The van der Waals surface area contributed by atoms with Gasteiger partial charge in [-0.15, -0.1) is 0 Å². The van der Waals surface area contributed by atoms with Crippen LogP contribution in [0.1, 0.15) is 46.6 Å². The average molecular weight is 423 g/mol. The van der Waals surface area contributed by atoms with Gasteiger partial charge in [-0.1, -0.05) is 50.6 Å². The minimum atomic E-state index is -1.00. The molecule has 0 bridgehead atoms. The number of alkyl carbamates (subject to hydrolysis) is 1. The number of esters is 1. The highest BCUT2D eigenvalue weighted by Gasteiger charge is 2.31. The Bertz CT molecular complexity index is 687. The third-order valence-corrected chi connectivity index (χ3v) is 4.37. The van der Waals surface area contributed by atoms with E-state index < -0.39 is 35.7 Å². The number of amides is 2. The number of nitrogens with one attached hydrogen (secondary N) is 2. The number of carbonyl (C=O) groups excluding carboxylic acids is 3. The Balaban J connectivity index is 2.78. The monoisotopic (exact) mass is 422 g/mol. The highest BCUT2D eigenvalue weighted by atomic mass is 16.6. The lowest BCUT2D eigenvalue weighted by Gasteiger charge is -2.27. The maximum atomic E-state index is 12.9. The van der Waals surface area contributed by atoms with Crippen molar-refractivity contribution in [1.29, 1.82) is 0 Å². The molecule has 0 saturated heterocycles. The fraction of sp³-hybridized carbons (Fsp3) is 0.591. The maximum Gasteiger partial charge on any atom is 0.408 e. The number of carbonyl (C=O) groups is 3. The number of rotatable bonds is 10. The molecule has 2 N–H and O–H groups in total. The molecule has 0 aliphatic heterocycles. The standard InChI is InChI=1S/C22H34N2O6/c1-7-15(2)18(24-21(27)30-22(3,4)5)19(25)23-17(20(26)28-6)14-29-13-16-11-9-8-10-12-16/h8-12,15,17-18H,7,13-14H2,1-6H3,(H,23,25)(H,24,27)/t15-,17-,18-/m0/s1. The van der Waals surface area contributed by atoms with Crippen LogP contribution in [0, 0.1) is 5.92 Å². The second kappa shape index (κ2) is 12.2. The lowest BCUT2D eigenvalue weighted by Crippen LogP contribution is -2.55. The zero-order chi connectivity index (χ0) is 22.7. The van der Waals surface area contributed by atoms with Crippen molar-refractivity contribution in [3.63, 3.8) is 0 Å². The van der Waals surface area contributed by atoms with Crippen molar-refractivity contribution in [3.05, 3.63) is 35.9 Å². The van der Waals surface area contributed by atoms with Crippen LogP contribution in [0.15, 0.2) is 30.3 Å². The van der Waals surface area contributed by atoms with Gasteiger partial charge in [-0.25, -0.2) is 9.59 Å². The molecule has 0 unspecified atom stereocenters. The largest absolute Gasteiger partial charge is 0.467 e. The van der Waals surface area contributed by atoms with Crippen molar-refractivity contribution in [3.8, 4) is 0 Å². The molecule has 1 aromatic rings. The first-order valence-corrected chi connectivity index (χ1v) is 10.1. The topological polar surface area (TPSA) is 103 Å². The maximum absolute atomic E-state index is 12.9. The van der Waals surface area contributed by atoms with Gasteiger partial charge in [0.15, 0.2) is 6.04 Å². The van der Waals surface area contributed by atoms with Crippen LogP contribution >= 0.6 is 0 Å². The first-order valence-electron chi connectivity index (χ1n) is 10.1. The number of hydrogen-bond acceptors (Lipinski definition) is 6. The lowest BCUT2D eigenvalue weighted by atomic mass is 9.98. The van der Waals surface area contributed by atoms with E-state index in [0.29, 0.717) is 6.42 Å². The van der Waals surface area contributed by atoms with Gasteiger partial charge in [0.25, 0.3) is 0 Å². The van der Waals surface area contributed by atoms with Gasteiger partial charge in [-0.2, -0.15) is 0 Å². The van der Waals surface area contributed by atoms with E-state index in [-0.39, 0.29) is 19.1 Å². The zero-order valence-corrected chi connectivity index (χ0v) is 18.7. The Kier molecular flexibility index (Phi) is 10.3. The molecule has 0 aromatic heterocycles. The van der Waals surface area contributed by atoms with E-state index in [9.17, 15) is 14.4 Å². The normalized spacial score (nSPS) is 14.2. The van der Waals surface area contributed by atoms with Gasteiger partial charge in [-0.05, 0) is 32.3 Å². The van der Waals surface area contributed by atoms with E-state index in [1.807, 2.05) is 44.2 Å². The molecule has 8 heteroatoms. The molecule has 1 rings (SSSR count). The molecule has 8 nitrogen and oxygen atoms in total. The van der Waals surface area contributed by atoms with Gasteiger partial charge in [-0.3, -0.25) is 4.79 Å². The van der Waals surface area contributed by atoms with Crippen LogP contribution in [0.2, 0.25) is 0 Å². The molecule has 0 aliphatic carbocycles. The summed E-state index contributed by atoms with van der Waals surface area (Å²) >= 11 is 0. The first-order chi connectivity index (χ1) is 14.1. The summed E-state index contributed by atoms with van der Waals surface area (Å²) in [6.45, 7) is 9.18. The van der Waals surface area contributed by atoms with Gasteiger partial charge in [0.2, 0.25) is 5.91 Å². The van der Waals surface area contributed by atoms with E-state index >= 15 is 0 Å². The molecule has 3 atom stereocenters. The minimum absolute atomic E-state index is 0.0625. The lowest BCUT2D eigenvalue weighted by molar-refractivity contribution is -0.147. The van der Waals surface area contributed by atoms with Crippen molar-refractivity contribution in [2.45, 2.75) is 65.3 Å². The second-order valence-electron chi connectivity index (χ2n) is 8.09. The third kappa shape index (κ3) is 9.26. The van der Waals surface area contributed by atoms with Crippen LogP contribution < -0.4 is 10.6 Å². The van der Waals surface area contributed by atoms with Gasteiger partial charge in [0, 0.05) is 0 Å². The molecule has 2 amide bonds. The predicted molar refractivity (Wildman–Crippen MR) is 113 cm³/mol. The van der Waals surface area contributed by atoms with Crippen LogP contribution in [0.4, 0.5) is 4.79 Å². The second-order valence-corrected chi connectivity index (χ2v) is 8.09. The highest BCUT2D eigenvalue weighted by molar-refractivity contribution is 5.90. The molecule has 168 valence electrons. The summed E-state index contributed by atoms with van der Waals surface area (Å²) in [5, 5.41) is 5.23. The Morgan fingerprint density at radius 3 is 2.23 bits per heavy atom. The fourth-order valence-corrected chi connectivity index (χ4v) is 2.58. The van der Waals surface area contributed by atoms with Crippen LogP contribution in [0.3, 0.4) is 0 Å². The quantitative estimate of drug-likeness (QED) is 0.562. The zero-order valence-electron chi connectivity index (χ0n) is 18.7. The summed E-state index contributed by atoms with van der Waals surface area (Å²) < 4.78 is 15.6. The van der Waals surface area contributed by atoms with Crippen molar-refractivity contribution < 1.29 is 28.6 Å². The molecule has 1 aromatic carbocycles. The number of benzene rings is 1. The van der Waals surface area contributed by atoms with Gasteiger partial charge < -0.3 is 24.8 Å². The fourth-order valence-electron chi connectivity index (χ4n) is 2.58. The van der Waals surface area contributed by atoms with Crippen molar-refractivity contribution in [1.82, 2.24) is 10.6 Å². The molecule has 30 heavy (non-hydrogen) atoms. The molecule has 0 aliphatic rings. The number of hydrogen-bond donors (Lipinski definition) is 2. The highest BCUT2D eigenvalue weighted by Crippen LogP contribution is 2.12. The van der Waals surface area contributed by atoms with E-state index in [0.717, 1.165) is 5.56 Å². The van der Waals surface area contributed by atoms with Crippen LogP contribution in [-0.2, 0) is 30.4 Å². The predicted octanol–water partition coefficient (Wildman–Crippen LogP) is 2.80. The van der Waals surface area contributed by atoms with E-state index in [1.165, 1.54) is 7.11 Å². The summed E-state index contributed by atoms with van der Waals surface area (Å²) in [6.07, 6.45) is -0.0562. The summed E-state index contributed by atoms with van der Waals surface area (Å²) in [5.41, 5.74) is 0.247. The van der Waals surface area contributed by atoms with Gasteiger partial charge in [0.05, 0.1) is 20.3 Å². The molecular weight excluding hydrogens is 388 g/mol. The minimum Gasteiger partial charge on any atom is -0.467 e. The van der Waals surface area contributed by atoms with Crippen molar-refractivity contribution in [2.24, 2.45) is 5.92 Å². The van der Waals surface area contributed by atoms with E-state index in [2.05, 4.69) is 10.6 Å². The molecule has 0 spiro atoms. The summed E-state index contributed by atoms with van der Waals surface area (Å²) in [5.74, 6) is -1.31. The number of ether oxygens (including phenoxy) is 3. The third-order valence-electron chi connectivity index (χ3n) is 4.37. The molecule has 0 fully saturated rings. The van der Waals surface area contributed by atoms with Crippen LogP contribution in [-0.4, -0.2) is 49.4 Å². The van der Waals surface area contributed by atoms with Gasteiger partial charge in [0.1, 0.15) is 11.6 Å². The Morgan fingerprint density at radius 2 is 1.70 bits per heavy atom. The molecule has 0 saturated carbocycles. The SMILES string of the molecule is CC[C@H](C)[C@H](NC(=O)OC(C)(C)C)C(=O)N[C@@H](COCc1ccccc1)C(=O)OC. The van der Waals surface area contributed by atoms with Gasteiger partial charge >= 0.3 is 12.1 Å². The average Bonchev–Trinajstić information content (AvgIpc) is 2.69.